The Hall–Kier alpha value is -3.93. The van der Waals surface area contributed by atoms with E-state index in [1.807, 2.05) is 72.9 Å². The zero-order chi connectivity index (χ0) is 21.4. The standard InChI is InChI=1S/C25H19F2N3O/c26-19-12-13-21(20(27)15-19)28-25(31)30-16-18-9-4-5-10-22(18)29-14-6-11-23(29)24(30)17-7-2-1-3-8-17/h1-15,24H,16H2,(H,28,31)/t24-/m0/s1. The van der Waals surface area contributed by atoms with Crippen molar-refractivity contribution in [3.05, 3.63) is 120 Å². The second-order valence-electron chi connectivity index (χ2n) is 7.43. The third-order valence-electron chi connectivity index (χ3n) is 5.51. The number of rotatable bonds is 2. The summed E-state index contributed by atoms with van der Waals surface area (Å²) in [6, 6.07) is 23.8. The molecule has 1 aliphatic rings. The summed E-state index contributed by atoms with van der Waals surface area (Å²) >= 11 is 0. The highest BCUT2D eigenvalue weighted by Crippen LogP contribution is 2.36. The predicted octanol–water partition coefficient (Wildman–Crippen LogP) is 5.89. The Morgan fingerprint density at radius 2 is 1.68 bits per heavy atom. The summed E-state index contributed by atoms with van der Waals surface area (Å²) in [4.78, 5) is 15.1. The van der Waals surface area contributed by atoms with Gasteiger partial charge in [0.25, 0.3) is 0 Å². The molecular formula is C25H19F2N3O. The van der Waals surface area contributed by atoms with Gasteiger partial charge in [0.1, 0.15) is 11.6 Å². The maximum absolute atomic E-state index is 14.2. The lowest BCUT2D eigenvalue weighted by atomic mass is 10.0. The van der Waals surface area contributed by atoms with Crippen LogP contribution in [0.15, 0.2) is 91.1 Å². The molecule has 1 aromatic heterocycles. The molecule has 2 amide bonds. The molecule has 0 radical (unpaired) electrons. The first-order chi connectivity index (χ1) is 15.1. The van der Waals surface area contributed by atoms with E-state index >= 15 is 0 Å². The average Bonchev–Trinajstić information content (AvgIpc) is 3.20. The Morgan fingerprint density at radius 3 is 2.48 bits per heavy atom. The Balaban J connectivity index is 1.62. The molecule has 1 aliphatic heterocycles. The number of nitrogens with zero attached hydrogens (tertiary/aromatic N) is 2. The van der Waals surface area contributed by atoms with Gasteiger partial charge in [-0.15, -0.1) is 0 Å². The van der Waals surface area contributed by atoms with Crippen molar-refractivity contribution in [3.63, 3.8) is 0 Å². The maximum Gasteiger partial charge on any atom is 0.323 e. The minimum absolute atomic E-state index is 0.0638. The van der Waals surface area contributed by atoms with Crippen LogP contribution in [0.4, 0.5) is 19.3 Å². The Labute approximate surface area is 178 Å². The summed E-state index contributed by atoms with van der Waals surface area (Å²) in [7, 11) is 0. The molecule has 5 rings (SSSR count). The number of carbonyl (C=O) groups excluding carboxylic acids is 1. The molecule has 0 saturated carbocycles. The number of nitrogens with one attached hydrogen (secondary N) is 1. The van der Waals surface area contributed by atoms with Crippen molar-refractivity contribution in [3.8, 4) is 5.69 Å². The highest BCUT2D eigenvalue weighted by Gasteiger charge is 2.33. The van der Waals surface area contributed by atoms with Gasteiger partial charge in [-0.1, -0.05) is 48.5 Å². The SMILES string of the molecule is O=C(Nc1ccc(F)cc1F)N1Cc2ccccc2-n2cccc2[C@@H]1c1ccccc1. The minimum Gasteiger partial charge on any atom is -0.318 e. The van der Waals surface area contributed by atoms with E-state index in [1.165, 1.54) is 6.07 Å². The summed E-state index contributed by atoms with van der Waals surface area (Å²) in [5.74, 6) is -1.51. The molecule has 0 fully saturated rings. The van der Waals surface area contributed by atoms with Gasteiger partial charge in [0.15, 0.2) is 0 Å². The number of anilines is 1. The van der Waals surface area contributed by atoms with E-state index in [0.29, 0.717) is 6.54 Å². The number of carbonyl (C=O) groups is 1. The van der Waals surface area contributed by atoms with Crippen LogP contribution in [-0.4, -0.2) is 15.5 Å². The molecule has 2 heterocycles. The van der Waals surface area contributed by atoms with Gasteiger partial charge in [-0.2, -0.15) is 0 Å². The van der Waals surface area contributed by atoms with Crippen LogP contribution in [0.5, 0.6) is 0 Å². The Kier molecular flexibility index (Phi) is 4.75. The molecular weight excluding hydrogens is 396 g/mol. The Morgan fingerprint density at radius 1 is 0.903 bits per heavy atom. The van der Waals surface area contributed by atoms with Crippen LogP contribution in [0.25, 0.3) is 5.69 Å². The van der Waals surface area contributed by atoms with Crippen LogP contribution in [0, 0.1) is 11.6 Å². The fraction of sp³-hybridized carbons (Fsp3) is 0.0800. The normalized spacial score (nSPS) is 15.0. The number of aromatic nitrogens is 1. The quantitative estimate of drug-likeness (QED) is 0.435. The molecule has 4 aromatic rings. The van der Waals surface area contributed by atoms with E-state index in [2.05, 4.69) is 9.88 Å². The zero-order valence-electron chi connectivity index (χ0n) is 16.5. The number of fused-ring (bicyclic) bond motifs is 3. The third-order valence-corrected chi connectivity index (χ3v) is 5.51. The van der Waals surface area contributed by atoms with E-state index in [9.17, 15) is 13.6 Å². The van der Waals surface area contributed by atoms with Gasteiger partial charge in [0.2, 0.25) is 0 Å². The zero-order valence-corrected chi connectivity index (χ0v) is 16.5. The topological polar surface area (TPSA) is 37.3 Å². The van der Waals surface area contributed by atoms with E-state index < -0.39 is 23.7 Å². The smallest absolute Gasteiger partial charge is 0.318 e. The first-order valence-electron chi connectivity index (χ1n) is 9.95. The van der Waals surface area contributed by atoms with Crippen LogP contribution in [-0.2, 0) is 6.54 Å². The van der Waals surface area contributed by atoms with Crippen molar-refractivity contribution in [1.82, 2.24) is 9.47 Å². The number of benzene rings is 3. The van der Waals surface area contributed by atoms with Crippen molar-refractivity contribution in [2.24, 2.45) is 0 Å². The maximum atomic E-state index is 14.2. The largest absolute Gasteiger partial charge is 0.323 e. The number of amides is 2. The van der Waals surface area contributed by atoms with Crippen molar-refractivity contribution in [1.29, 1.82) is 0 Å². The highest BCUT2D eigenvalue weighted by atomic mass is 19.1. The molecule has 3 aromatic carbocycles. The molecule has 0 bridgehead atoms. The number of hydrogen-bond donors (Lipinski definition) is 1. The number of urea groups is 1. The lowest BCUT2D eigenvalue weighted by Gasteiger charge is -2.31. The fourth-order valence-corrected chi connectivity index (χ4v) is 4.10. The molecule has 4 nitrogen and oxygen atoms in total. The fourth-order valence-electron chi connectivity index (χ4n) is 4.10. The highest BCUT2D eigenvalue weighted by molar-refractivity contribution is 5.90. The molecule has 6 heteroatoms. The molecule has 0 spiro atoms. The molecule has 1 atom stereocenters. The summed E-state index contributed by atoms with van der Waals surface area (Å²) in [5, 5.41) is 2.62. The molecule has 0 aliphatic carbocycles. The molecule has 0 saturated heterocycles. The lowest BCUT2D eigenvalue weighted by Crippen LogP contribution is -2.38. The molecule has 31 heavy (non-hydrogen) atoms. The van der Waals surface area contributed by atoms with Gasteiger partial charge in [0.05, 0.1) is 24.0 Å². The van der Waals surface area contributed by atoms with Crippen molar-refractivity contribution in [2.45, 2.75) is 12.6 Å². The van der Waals surface area contributed by atoms with Crippen LogP contribution >= 0.6 is 0 Å². The van der Waals surface area contributed by atoms with Crippen molar-refractivity contribution >= 4 is 11.7 Å². The van der Waals surface area contributed by atoms with Gasteiger partial charge < -0.3 is 14.8 Å². The molecule has 154 valence electrons. The summed E-state index contributed by atoms with van der Waals surface area (Å²) in [6.45, 7) is 0.325. The third kappa shape index (κ3) is 3.46. The van der Waals surface area contributed by atoms with E-state index in [0.717, 1.165) is 34.6 Å². The summed E-state index contributed by atoms with van der Waals surface area (Å²) in [6.07, 6.45) is 1.98. The van der Waals surface area contributed by atoms with Gasteiger partial charge >= 0.3 is 6.03 Å². The predicted molar refractivity (Wildman–Crippen MR) is 115 cm³/mol. The Bertz CT molecular complexity index is 1250. The van der Waals surface area contributed by atoms with E-state index in [1.54, 1.807) is 4.90 Å². The average molecular weight is 415 g/mol. The van der Waals surface area contributed by atoms with Gasteiger partial charge in [0, 0.05) is 18.0 Å². The summed E-state index contributed by atoms with van der Waals surface area (Å²) < 4.78 is 29.6. The van der Waals surface area contributed by atoms with Gasteiger partial charge in [-0.25, -0.2) is 13.6 Å². The molecule has 1 N–H and O–H groups in total. The summed E-state index contributed by atoms with van der Waals surface area (Å²) in [5.41, 5.74) is 3.75. The first-order valence-corrected chi connectivity index (χ1v) is 9.95. The second kappa shape index (κ2) is 7.72. The lowest BCUT2D eigenvalue weighted by molar-refractivity contribution is 0.194. The number of para-hydroxylation sites is 1. The van der Waals surface area contributed by atoms with Gasteiger partial charge in [-0.3, -0.25) is 0 Å². The van der Waals surface area contributed by atoms with E-state index in [4.69, 9.17) is 0 Å². The van der Waals surface area contributed by atoms with Crippen LogP contribution in [0.3, 0.4) is 0 Å². The van der Waals surface area contributed by atoms with Gasteiger partial charge in [-0.05, 0) is 41.5 Å². The molecule has 0 unspecified atom stereocenters. The van der Waals surface area contributed by atoms with Crippen LogP contribution < -0.4 is 5.32 Å². The monoisotopic (exact) mass is 415 g/mol. The van der Waals surface area contributed by atoms with Crippen LogP contribution in [0.1, 0.15) is 22.9 Å². The number of hydrogen-bond acceptors (Lipinski definition) is 1. The van der Waals surface area contributed by atoms with Crippen LogP contribution in [0.2, 0.25) is 0 Å². The number of halogens is 2. The minimum atomic E-state index is -0.816. The second-order valence-corrected chi connectivity index (χ2v) is 7.43. The van der Waals surface area contributed by atoms with Crippen molar-refractivity contribution in [2.75, 3.05) is 5.32 Å². The first kappa shape index (κ1) is 19.1. The van der Waals surface area contributed by atoms with E-state index in [-0.39, 0.29) is 5.69 Å². The van der Waals surface area contributed by atoms with Crippen molar-refractivity contribution < 1.29 is 13.6 Å².